The van der Waals surface area contributed by atoms with Crippen LogP contribution in [-0.4, -0.2) is 55.1 Å². The van der Waals surface area contributed by atoms with Crippen LogP contribution >= 0.6 is 11.6 Å². The Morgan fingerprint density at radius 3 is 2.82 bits per heavy atom. The van der Waals surface area contributed by atoms with Gasteiger partial charge in [0.25, 0.3) is 5.91 Å². The Bertz CT molecular complexity index is 1060. The van der Waals surface area contributed by atoms with Crippen molar-refractivity contribution in [2.75, 3.05) is 33.5 Å². The average molecular weight is 490 g/mol. The third-order valence-electron chi connectivity index (χ3n) is 6.78. The van der Waals surface area contributed by atoms with Crippen molar-refractivity contribution in [2.24, 2.45) is 11.3 Å². The number of aryl methyl sites for hydroxylation is 1. The summed E-state index contributed by atoms with van der Waals surface area (Å²) < 4.78 is 18.4. The van der Waals surface area contributed by atoms with Gasteiger partial charge in [0.1, 0.15) is 11.3 Å². The summed E-state index contributed by atoms with van der Waals surface area (Å²) in [5.41, 5.74) is 2.77. The van der Waals surface area contributed by atoms with Crippen molar-refractivity contribution in [3.05, 3.63) is 45.7 Å². The van der Waals surface area contributed by atoms with Gasteiger partial charge >= 0.3 is 5.97 Å². The number of nitrogens with zero attached hydrogens (tertiary/aromatic N) is 2. The Morgan fingerprint density at radius 2 is 2.12 bits per heavy atom. The van der Waals surface area contributed by atoms with Crippen LogP contribution in [-0.2, 0) is 28.9 Å². The molecule has 1 atom stereocenters. The van der Waals surface area contributed by atoms with Gasteiger partial charge in [-0.05, 0) is 49.3 Å². The summed E-state index contributed by atoms with van der Waals surface area (Å²) in [5.74, 6) is -0.131. The maximum atomic E-state index is 13.0. The molecular formula is C25H32ClN3O5. The minimum Gasteiger partial charge on any atom is -0.496 e. The van der Waals surface area contributed by atoms with E-state index in [-0.39, 0.29) is 23.8 Å². The van der Waals surface area contributed by atoms with E-state index in [0.29, 0.717) is 54.6 Å². The molecule has 0 aliphatic carbocycles. The quantitative estimate of drug-likeness (QED) is 0.596. The molecule has 0 bridgehead atoms. The maximum absolute atomic E-state index is 13.0. The number of aromatic nitrogens is 2. The number of hydrogen-bond acceptors (Lipinski definition) is 6. The molecule has 0 radical (unpaired) electrons. The zero-order valence-electron chi connectivity index (χ0n) is 20.0. The van der Waals surface area contributed by atoms with Crippen molar-refractivity contribution in [3.63, 3.8) is 0 Å². The lowest BCUT2D eigenvalue weighted by molar-refractivity contribution is 0.0151. The van der Waals surface area contributed by atoms with E-state index in [0.717, 1.165) is 30.7 Å². The van der Waals surface area contributed by atoms with Crippen molar-refractivity contribution in [3.8, 4) is 5.75 Å². The first kappa shape index (κ1) is 24.5. The highest BCUT2D eigenvalue weighted by Crippen LogP contribution is 2.37. The zero-order chi connectivity index (χ0) is 24.3. The summed E-state index contributed by atoms with van der Waals surface area (Å²) in [6.07, 6.45) is 3.28. The van der Waals surface area contributed by atoms with Crippen LogP contribution in [0.5, 0.6) is 5.75 Å². The number of fused-ring (bicyclic) bond motifs is 1. The van der Waals surface area contributed by atoms with Crippen LogP contribution in [0.4, 0.5) is 0 Å². The van der Waals surface area contributed by atoms with E-state index in [2.05, 4.69) is 5.32 Å². The monoisotopic (exact) mass is 489 g/mol. The van der Waals surface area contributed by atoms with Gasteiger partial charge in [-0.25, -0.2) is 4.79 Å². The molecule has 3 heterocycles. The van der Waals surface area contributed by atoms with E-state index >= 15 is 0 Å². The summed E-state index contributed by atoms with van der Waals surface area (Å²) in [7, 11) is 1.50. The predicted molar refractivity (Wildman–Crippen MR) is 128 cm³/mol. The molecule has 1 amide bonds. The Labute approximate surface area is 204 Å². The number of esters is 1. The number of rotatable bonds is 7. The van der Waals surface area contributed by atoms with E-state index in [1.165, 1.54) is 7.11 Å². The lowest BCUT2D eigenvalue weighted by atomic mass is 9.76. The summed E-state index contributed by atoms with van der Waals surface area (Å²) >= 11 is 6.04. The van der Waals surface area contributed by atoms with Gasteiger partial charge in [-0.1, -0.05) is 25.4 Å². The first-order chi connectivity index (χ1) is 16.4. The van der Waals surface area contributed by atoms with Crippen molar-refractivity contribution >= 4 is 23.5 Å². The molecule has 0 unspecified atom stereocenters. The van der Waals surface area contributed by atoms with Crippen LogP contribution in [0.1, 0.15) is 58.8 Å². The van der Waals surface area contributed by atoms with Gasteiger partial charge in [0.2, 0.25) is 0 Å². The molecule has 1 fully saturated rings. The van der Waals surface area contributed by atoms with Crippen molar-refractivity contribution < 1.29 is 23.8 Å². The van der Waals surface area contributed by atoms with Crippen molar-refractivity contribution in [2.45, 2.75) is 46.1 Å². The second-order valence-electron chi connectivity index (χ2n) is 9.32. The lowest BCUT2D eigenvalue weighted by Gasteiger charge is -2.36. The molecule has 2 aliphatic rings. The van der Waals surface area contributed by atoms with Crippen molar-refractivity contribution in [1.29, 1.82) is 0 Å². The number of halogens is 1. The number of methoxy groups -OCH3 is 1. The number of nitrogens with one attached hydrogen (secondary N) is 1. The van der Waals surface area contributed by atoms with Gasteiger partial charge in [-0.15, -0.1) is 0 Å². The van der Waals surface area contributed by atoms with E-state index in [1.807, 2.05) is 18.5 Å². The molecule has 8 nitrogen and oxygen atoms in total. The topological polar surface area (TPSA) is 91.7 Å². The minimum atomic E-state index is -0.486. The molecule has 1 spiro atoms. The normalized spacial score (nSPS) is 18.1. The van der Waals surface area contributed by atoms with Crippen LogP contribution in [0.2, 0.25) is 5.02 Å². The molecule has 1 N–H and O–H groups in total. The number of carbonyl (C=O) groups is 2. The fourth-order valence-electron chi connectivity index (χ4n) is 4.81. The Kier molecular flexibility index (Phi) is 7.48. The van der Waals surface area contributed by atoms with Gasteiger partial charge in [-0.2, -0.15) is 5.10 Å². The summed E-state index contributed by atoms with van der Waals surface area (Å²) in [4.78, 5) is 25.6. The van der Waals surface area contributed by atoms with Crippen LogP contribution in [0.3, 0.4) is 0 Å². The van der Waals surface area contributed by atoms with Crippen LogP contribution < -0.4 is 10.1 Å². The fourth-order valence-corrected chi connectivity index (χ4v) is 4.98. The highest BCUT2D eigenvalue weighted by molar-refractivity contribution is 6.31. The van der Waals surface area contributed by atoms with E-state index < -0.39 is 5.97 Å². The molecule has 2 aromatic rings. The molecule has 1 saturated heterocycles. The van der Waals surface area contributed by atoms with Gasteiger partial charge < -0.3 is 19.5 Å². The highest BCUT2D eigenvalue weighted by atomic mass is 35.5. The molecular weight excluding hydrogens is 458 g/mol. The maximum Gasteiger partial charge on any atom is 0.341 e. The SMILES string of the molecule is CCc1nn(C[C@@H](C)COC(=O)c2cc(Cl)ccc2OC)c2c1C(=O)NCC1(CCOCC1)C2. The fraction of sp³-hybridized carbons (Fsp3) is 0.560. The summed E-state index contributed by atoms with van der Waals surface area (Å²) in [5, 5.41) is 8.37. The standard InChI is InChI=1S/C25H32ClN3O5/c1-4-19-22-20(12-25(15-27-23(22)30)7-9-33-10-8-25)29(28-19)13-16(2)14-34-24(31)18-11-17(26)5-6-21(18)32-3/h5-6,11,16H,4,7-10,12-15H2,1-3H3,(H,27,30)/t16-/m1/s1. The Hall–Kier alpha value is -2.58. The van der Waals surface area contributed by atoms with E-state index in [9.17, 15) is 9.59 Å². The molecule has 9 heteroatoms. The molecule has 1 aromatic carbocycles. The largest absolute Gasteiger partial charge is 0.496 e. The first-order valence-electron chi connectivity index (χ1n) is 11.8. The minimum absolute atomic E-state index is 0.0131. The van der Waals surface area contributed by atoms with Crippen LogP contribution in [0.25, 0.3) is 0 Å². The van der Waals surface area contributed by atoms with Crippen molar-refractivity contribution in [1.82, 2.24) is 15.1 Å². The zero-order valence-corrected chi connectivity index (χ0v) is 20.7. The van der Waals surface area contributed by atoms with Gasteiger partial charge in [0, 0.05) is 37.2 Å². The average Bonchev–Trinajstić information content (AvgIpc) is 3.10. The smallest absolute Gasteiger partial charge is 0.341 e. The molecule has 34 heavy (non-hydrogen) atoms. The third-order valence-corrected chi connectivity index (χ3v) is 7.01. The van der Waals surface area contributed by atoms with Crippen LogP contribution in [0, 0.1) is 11.3 Å². The third kappa shape index (κ3) is 5.08. The Morgan fingerprint density at radius 1 is 1.35 bits per heavy atom. The number of benzene rings is 1. The van der Waals surface area contributed by atoms with Gasteiger partial charge in [-0.3, -0.25) is 9.48 Å². The second kappa shape index (κ2) is 10.4. The van der Waals surface area contributed by atoms with Crippen LogP contribution in [0.15, 0.2) is 18.2 Å². The van der Waals surface area contributed by atoms with E-state index in [4.69, 9.17) is 30.9 Å². The highest BCUT2D eigenvalue weighted by Gasteiger charge is 2.39. The van der Waals surface area contributed by atoms with E-state index in [1.54, 1.807) is 18.2 Å². The summed E-state index contributed by atoms with van der Waals surface area (Å²) in [6, 6.07) is 4.85. The second-order valence-corrected chi connectivity index (χ2v) is 9.76. The van der Waals surface area contributed by atoms with Gasteiger partial charge in [0.15, 0.2) is 0 Å². The molecule has 2 aliphatic heterocycles. The molecule has 0 saturated carbocycles. The number of amides is 1. The number of carbonyl (C=O) groups excluding carboxylic acids is 2. The Balaban J connectivity index is 1.50. The molecule has 1 aromatic heterocycles. The molecule has 4 rings (SSSR count). The molecule has 184 valence electrons. The number of hydrogen-bond donors (Lipinski definition) is 1. The lowest BCUT2D eigenvalue weighted by Crippen LogP contribution is -2.41. The summed E-state index contributed by atoms with van der Waals surface area (Å²) in [6.45, 7) is 6.83. The first-order valence-corrected chi connectivity index (χ1v) is 12.2. The van der Waals surface area contributed by atoms with Gasteiger partial charge in [0.05, 0.1) is 30.7 Å². The predicted octanol–water partition coefficient (Wildman–Crippen LogP) is 3.68. The number of ether oxygens (including phenoxy) is 3.